The second kappa shape index (κ2) is 4.40. The van der Waals surface area contributed by atoms with Gasteiger partial charge in [0.05, 0.1) is 0 Å². The molecular weight excluding hydrogens is 264 g/mol. The molecule has 0 aliphatic heterocycles. The number of benzene rings is 1. The van der Waals surface area contributed by atoms with Crippen LogP contribution in [0.25, 0.3) is 0 Å². The van der Waals surface area contributed by atoms with Crippen molar-refractivity contribution in [2.24, 2.45) is 22.2 Å². The summed E-state index contributed by atoms with van der Waals surface area (Å²) >= 11 is 0. The fourth-order valence-electron chi connectivity index (χ4n) is 6.89. The molecule has 0 amide bonds. The molecule has 22 heavy (non-hydrogen) atoms. The van der Waals surface area contributed by atoms with Crippen molar-refractivity contribution in [1.82, 2.24) is 0 Å². The number of aryl methyl sites for hydroxylation is 2. The number of hydrogen-bond donors (Lipinski definition) is 0. The second-order valence-electron chi connectivity index (χ2n) is 9.40. The van der Waals surface area contributed by atoms with E-state index in [1.807, 2.05) is 0 Å². The van der Waals surface area contributed by atoms with Gasteiger partial charge in [-0.3, -0.25) is 0 Å². The Morgan fingerprint density at radius 3 is 2.50 bits per heavy atom. The second-order valence-corrected chi connectivity index (χ2v) is 9.40. The van der Waals surface area contributed by atoms with Crippen LogP contribution in [0.4, 0.5) is 0 Å². The molecule has 120 valence electrons. The molecule has 0 heterocycles. The van der Waals surface area contributed by atoms with E-state index in [9.17, 15) is 0 Å². The third kappa shape index (κ3) is 1.55. The molecular formula is C22H32. The fourth-order valence-corrected chi connectivity index (χ4v) is 6.89. The molecule has 1 aromatic carbocycles. The molecule has 2 fully saturated rings. The summed E-state index contributed by atoms with van der Waals surface area (Å²) in [6.07, 6.45) is 8.41. The van der Waals surface area contributed by atoms with Crippen LogP contribution in [0, 0.1) is 29.1 Å². The topological polar surface area (TPSA) is 0 Å². The van der Waals surface area contributed by atoms with E-state index in [2.05, 4.69) is 52.8 Å². The van der Waals surface area contributed by atoms with Crippen LogP contribution in [-0.4, -0.2) is 0 Å². The summed E-state index contributed by atoms with van der Waals surface area (Å²) in [7, 11) is 0. The van der Waals surface area contributed by atoms with Crippen LogP contribution in [0.1, 0.15) is 82.4 Å². The van der Waals surface area contributed by atoms with Gasteiger partial charge in [-0.05, 0) is 84.7 Å². The number of fused-ring (bicyclic) bond motifs is 5. The van der Waals surface area contributed by atoms with Crippen LogP contribution in [0.2, 0.25) is 0 Å². The quantitative estimate of drug-likeness (QED) is 0.529. The molecule has 0 bridgehead atoms. The lowest BCUT2D eigenvalue weighted by atomic mass is 9.40. The lowest BCUT2D eigenvalue weighted by Crippen LogP contribution is -2.55. The van der Waals surface area contributed by atoms with Crippen molar-refractivity contribution in [3.05, 3.63) is 34.9 Å². The van der Waals surface area contributed by atoms with E-state index in [1.165, 1.54) is 44.1 Å². The van der Waals surface area contributed by atoms with Gasteiger partial charge in [-0.1, -0.05) is 51.5 Å². The molecule has 3 aliphatic carbocycles. The highest BCUT2D eigenvalue weighted by Crippen LogP contribution is 2.74. The molecule has 0 saturated heterocycles. The normalized spacial score (nSPS) is 46.8. The Hall–Kier alpha value is -0.780. The van der Waals surface area contributed by atoms with Gasteiger partial charge in [0.15, 0.2) is 0 Å². The highest BCUT2D eigenvalue weighted by Gasteiger charge is 2.65. The van der Waals surface area contributed by atoms with Gasteiger partial charge < -0.3 is 0 Å². The first-order chi connectivity index (χ1) is 10.3. The van der Waals surface area contributed by atoms with Crippen molar-refractivity contribution in [2.45, 2.75) is 79.1 Å². The highest BCUT2D eigenvalue weighted by atomic mass is 14.7. The van der Waals surface area contributed by atoms with Crippen LogP contribution in [0.5, 0.6) is 0 Å². The van der Waals surface area contributed by atoms with E-state index in [-0.39, 0.29) is 0 Å². The minimum absolute atomic E-state index is 0.493. The van der Waals surface area contributed by atoms with Crippen LogP contribution in [0.3, 0.4) is 0 Å². The van der Waals surface area contributed by atoms with E-state index in [0.717, 1.165) is 11.8 Å². The Labute approximate surface area is 136 Å². The number of rotatable bonds is 0. The predicted octanol–water partition coefficient (Wildman–Crippen LogP) is 6.27. The summed E-state index contributed by atoms with van der Waals surface area (Å²) in [5, 5.41) is 0. The minimum atomic E-state index is 0.493. The standard InChI is InChI=1S/C22H32/c1-15-6-7-18-17(14-15)9-11-21(4)19(18)10-12-20(3)16(2)8-13-22(20,21)5/h6-7,14,16,19H,8-13H2,1-5H3/t16?,19?,20?,21-,22-/m1/s1. The molecule has 0 N–H and O–H groups in total. The van der Waals surface area contributed by atoms with Gasteiger partial charge >= 0.3 is 0 Å². The molecule has 1 aromatic rings. The van der Waals surface area contributed by atoms with Crippen molar-refractivity contribution in [1.29, 1.82) is 0 Å². The maximum absolute atomic E-state index is 2.65. The van der Waals surface area contributed by atoms with Crippen molar-refractivity contribution in [3.8, 4) is 0 Å². The van der Waals surface area contributed by atoms with Gasteiger partial charge in [0, 0.05) is 0 Å². The lowest BCUT2D eigenvalue weighted by molar-refractivity contribution is -0.114. The average molecular weight is 296 g/mol. The molecule has 5 atom stereocenters. The molecule has 0 radical (unpaired) electrons. The van der Waals surface area contributed by atoms with Crippen LogP contribution in [0.15, 0.2) is 18.2 Å². The predicted molar refractivity (Wildman–Crippen MR) is 94.2 cm³/mol. The zero-order chi connectivity index (χ0) is 15.8. The highest BCUT2D eigenvalue weighted by molar-refractivity contribution is 5.40. The smallest absolute Gasteiger partial charge is 0.00995 e. The fraction of sp³-hybridized carbons (Fsp3) is 0.727. The molecule has 3 unspecified atom stereocenters. The van der Waals surface area contributed by atoms with Gasteiger partial charge in [0.1, 0.15) is 0 Å². The summed E-state index contributed by atoms with van der Waals surface area (Å²) in [5.41, 5.74) is 6.35. The SMILES string of the molecule is Cc1ccc2c(c1)CC[C@]1(C)C2CCC2(C)C(C)CC[C@]21C. The van der Waals surface area contributed by atoms with Crippen molar-refractivity contribution < 1.29 is 0 Å². The first-order valence-electron chi connectivity index (χ1n) is 9.41. The Morgan fingerprint density at radius 1 is 0.955 bits per heavy atom. The summed E-state index contributed by atoms with van der Waals surface area (Å²) < 4.78 is 0. The molecule has 3 aliphatic rings. The Morgan fingerprint density at radius 2 is 1.73 bits per heavy atom. The van der Waals surface area contributed by atoms with Crippen molar-refractivity contribution in [3.63, 3.8) is 0 Å². The third-order valence-corrected chi connectivity index (χ3v) is 9.00. The minimum Gasteiger partial charge on any atom is -0.0620 e. The molecule has 0 nitrogen and oxygen atoms in total. The monoisotopic (exact) mass is 296 g/mol. The molecule has 0 heteroatoms. The van der Waals surface area contributed by atoms with Crippen LogP contribution < -0.4 is 0 Å². The van der Waals surface area contributed by atoms with Gasteiger partial charge in [-0.2, -0.15) is 0 Å². The molecule has 4 rings (SSSR count). The first kappa shape index (κ1) is 14.8. The van der Waals surface area contributed by atoms with E-state index < -0.39 is 0 Å². The Kier molecular flexibility index (Phi) is 2.96. The maximum Gasteiger partial charge on any atom is -0.00995 e. The lowest BCUT2D eigenvalue weighted by Gasteiger charge is -2.64. The van der Waals surface area contributed by atoms with Gasteiger partial charge in [0.2, 0.25) is 0 Å². The first-order valence-corrected chi connectivity index (χ1v) is 9.41. The Balaban J connectivity index is 1.84. The molecule has 2 saturated carbocycles. The average Bonchev–Trinajstić information content (AvgIpc) is 2.73. The van der Waals surface area contributed by atoms with E-state index >= 15 is 0 Å². The summed E-state index contributed by atoms with van der Waals surface area (Å²) in [6.45, 7) is 12.7. The van der Waals surface area contributed by atoms with E-state index in [4.69, 9.17) is 0 Å². The van der Waals surface area contributed by atoms with Gasteiger partial charge in [-0.15, -0.1) is 0 Å². The molecule has 0 spiro atoms. The summed E-state index contributed by atoms with van der Waals surface area (Å²) in [6, 6.07) is 7.28. The largest absolute Gasteiger partial charge is 0.0620 e. The van der Waals surface area contributed by atoms with Crippen LogP contribution in [-0.2, 0) is 6.42 Å². The van der Waals surface area contributed by atoms with Crippen molar-refractivity contribution >= 4 is 0 Å². The zero-order valence-electron chi connectivity index (χ0n) is 15.1. The van der Waals surface area contributed by atoms with Gasteiger partial charge in [0.25, 0.3) is 0 Å². The summed E-state index contributed by atoms with van der Waals surface area (Å²) in [4.78, 5) is 0. The maximum atomic E-state index is 2.65. The van der Waals surface area contributed by atoms with Crippen LogP contribution >= 0.6 is 0 Å². The third-order valence-electron chi connectivity index (χ3n) is 9.00. The van der Waals surface area contributed by atoms with Crippen molar-refractivity contribution in [2.75, 3.05) is 0 Å². The molecule has 0 aromatic heterocycles. The van der Waals surface area contributed by atoms with Gasteiger partial charge in [-0.25, -0.2) is 0 Å². The Bertz CT molecular complexity index is 614. The number of hydrogen-bond acceptors (Lipinski definition) is 0. The van der Waals surface area contributed by atoms with E-state index in [0.29, 0.717) is 16.2 Å². The van der Waals surface area contributed by atoms with E-state index in [1.54, 1.807) is 11.1 Å². The zero-order valence-corrected chi connectivity index (χ0v) is 15.1. The summed E-state index contributed by atoms with van der Waals surface area (Å²) in [5.74, 6) is 1.69.